The molecule has 3 rings (SSSR count). The molecule has 1 fully saturated rings. The molecule has 1 amide bonds. The maximum atomic E-state index is 13.0. The van der Waals surface area contributed by atoms with Crippen LogP contribution in [-0.2, 0) is 4.79 Å². The zero-order valence-electron chi connectivity index (χ0n) is 17.6. The predicted octanol–water partition coefficient (Wildman–Crippen LogP) is 3.69. The summed E-state index contributed by atoms with van der Waals surface area (Å²) in [6.07, 6.45) is 10.0. The predicted molar refractivity (Wildman–Crippen MR) is 116 cm³/mol. The SMILES string of the molecule is C#CCCNC(=O)C1CN(CCCCCCC(=O)c2cc(-c3ccc(F)cc3)on2)C1. The minimum Gasteiger partial charge on any atom is -0.356 e. The first-order valence-electron chi connectivity index (χ1n) is 10.8. The molecule has 1 aliphatic heterocycles. The first kappa shape index (κ1) is 22.7. The average Bonchev–Trinajstić information content (AvgIpc) is 3.22. The number of amides is 1. The molecule has 1 saturated heterocycles. The van der Waals surface area contributed by atoms with E-state index in [1.165, 1.54) is 12.1 Å². The summed E-state index contributed by atoms with van der Waals surface area (Å²) in [4.78, 5) is 26.4. The number of likely N-dealkylation sites (tertiary alicyclic amines) is 1. The van der Waals surface area contributed by atoms with Gasteiger partial charge in [-0.15, -0.1) is 12.3 Å². The molecule has 0 aliphatic carbocycles. The van der Waals surface area contributed by atoms with Crippen molar-refractivity contribution < 1.29 is 18.5 Å². The lowest BCUT2D eigenvalue weighted by Gasteiger charge is -2.38. The Morgan fingerprint density at radius 2 is 1.94 bits per heavy atom. The van der Waals surface area contributed by atoms with E-state index in [1.54, 1.807) is 18.2 Å². The lowest BCUT2D eigenvalue weighted by atomic mass is 9.98. The molecular weight excluding hydrogens is 397 g/mol. The molecule has 1 aromatic heterocycles. The smallest absolute Gasteiger partial charge is 0.225 e. The molecule has 1 aliphatic rings. The third-order valence-electron chi connectivity index (χ3n) is 5.45. The number of carbonyl (C=O) groups is 2. The first-order valence-corrected chi connectivity index (χ1v) is 10.8. The number of halogens is 1. The number of benzene rings is 1. The zero-order valence-corrected chi connectivity index (χ0v) is 17.6. The molecule has 0 atom stereocenters. The van der Waals surface area contributed by atoms with E-state index >= 15 is 0 Å². The van der Waals surface area contributed by atoms with Crippen LogP contribution in [0.1, 0.15) is 49.0 Å². The molecule has 0 radical (unpaired) electrons. The Hall–Kier alpha value is -2.98. The van der Waals surface area contributed by atoms with E-state index in [1.807, 2.05) is 0 Å². The summed E-state index contributed by atoms with van der Waals surface area (Å²) in [5, 5.41) is 6.71. The molecule has 0 saturated carbocycles. The fourth-order valence-electron chi connectivity index (χ4n) is 3.58. The number of rotatable bonds is 12. The van der Waals surface area contributed by atoms with E-state index in [9.17, 15) is 14.0 Å². The summed E-state index contributed by atoms with van der Waals surface area (Å²) >= 11 is 0. The van der Waals surface area contributed by atoms with Crippen molar-refractivity contribution in [2.24, 2.45) is 5.92 Å². The summed E-state index contributed by atoms with van der Waals surface area (Å²) in [7, 11) is 0. The topological polar surface area (TPSA) is 75.4 Å². The van der Waals surface area contributed by atoms with Gasteiger partial charge in [-0.05, 0) is 43.7 Å². The second kappa shape index (κ2) is 11.4. The van der Waals surface area contributed by atoms with Gasteiger partial charge in [0.1, 0.15) is 11.5 Å². The van der Waals surface area contributed by atoms with Crippen molar-refractivity contribution in [3.05, 3.63) is 41.8 Å². The Morgan fingerprint density at radius 3 is 2.68 bits per heavy atom. The summed E-state index contributed by atoms with van der Waals surface area (Å²) in [5.74, 6) is 2.78. The highest BCUT2D eigenvalue weighted by atomic mass is 19.1. The standard InChI is InChI=1S/C24H28FN3O3/c1-2-3-13-26-24(30)19-16-28(17-19)14-7-5-4-6-8-22(29)21-15-23(31-27-21)18-9-11-20(25)12-10-18/h1,9-12,15,19H,3-8,13-14,16-17H2,(H,26,30). The molecule has 1 aromatic carbocycles. The van der Waals surface area contributed by atoms with Gasteiger partial charge in [-0.25, -0.2) is 4.39 Å². The van der Waals surface area contributed by atoms with Crippen LogP contribution in [-0.4, -0.2) is 47.9 Å². The lowest BCUT2D eigenvalue weighted by Crippen LogP contribution is -2.53. The number of nitrogens with one attached hydrogen (secondary N) is 1. The molecule has 0 unspecified atom stereocenters. The van der Waals surface area contributed by atoms with Crippen LogP contribution < -0.4 is 5.32 Å². The van der Waals surface area contributed by atoms with Crippen LogP contribution in [0.15, 0.2) is 34.9 Å². The molecule has 2 heterocycles. The normalized spacial score (nSPS) is 14.1. The summed E-state index contributed by atoms with van der Waals surface area (Å²) in [6, 6.07) is 7.48. The van der Waals surface area contributed by atoms with Crippen molar-refractivity contribution in [1.82, 2.24) is 15.4 Å². The summed E-state index contributed by atoms with van der Waals surface area (Å²) < 4.78 is 18.2. The third kappa shape index (κ3) is 6.76. The minimum absolute atomic E-state index is 0.0430. The number of aromatic nitrogens is 1. The molecule has 0 spiro atoms. The molecule has 2 aromatic rings. The van der Waals surface area contributed by atoms with E-state index in [0.717, 1.165) is 45.3 Å². The molecule has 6 nitrogen and oxygen atoms in total. The fraction of sp³-hybridized carbons (Fsp3) is 0.458. The fourth-order valence-corrected chi connectivity index (χ4v) is 3.58. The molecule has 31 heavy (non-hydrogen) atoms. The number of hydrogen-bond acceptors (Lipinski definition) is 5. The second-order valence-corrected chi connectivity index (χ2v) is 7.87. The van der Waals surface area contributed by atoms with E-state index < -0.39 is 0 Å². The second-order valence-electron chi connectivity index (χ2n) is 7.87. The van der Waals surface area contributed by atoms with Crippen LogP contribution in [0.4, 0.5) is 4.39 Å². The Labute approximate surface area is 182 Å². The molecule has 0 bridgehead atoms. The zero-order chi connectivity index (χ0) is 22.1. The number of unbranched alkanes of at least 4 members (excludes halogenated alkanes) is 3. The van der Waals surface area contributed by atoms with Gasteiger partial charge in [-0.2, -0.15) is 0 Å². The van der Waals surface area contributed by atoms with Crippen LogP contribution in [0, 0.1) is 24.1 Å². The monoisotopic (exact) mass is 425 g/mol. The van der Waals surface area contributed by atoms with Crippen molar-refractivity contribution in [2.75, 3.05) is 26.2 Å². The summed E-state index contributed by atoms with van der Waals surface area (Å²) in [6.45, 7) is 3.14. The average molecular weight is 426 g/mol. The Balaban J connectivity index is 1.25. The van der Waals surface area contributed by atoms with Gasteiger partial charge in [-0.3, -0.25) is 9.59 Å². The third-order valence-corrected chi connectivity index (χ3v) is 5.45. The van der Waals surface area contributed by atoms with Gasteiger partial charge in [0.15, 0.2) is 11.5 Å². The van der Waals surface area contributed by atoms with Crippen molar-refractivity contribution in [2.45, 2.75) is 38.5 Å². The van der Waals surface area contributed by atoms with Crippen molar-refractivity contribution in [3.8, 4) is 23.7 Å². The molecule has 164 valence electrons. The van der Waals surface area contributed by atoms with E-state index in [0.29, 0.717) is 36.4 Å². The maximum Gasteiger partial charge on any atom is 0.225 e. The van der Waals surface area contributed by atoms with E-state index in [4.69, 9.17) is 10.9 Å². The first-order chi connectivity index (χ1) is 15.1. The van der Waals surface area contributed by atoms with Gasteiger partial charge >= 0.3 is 0 Å². The summed E-state index contributed by atoms with van der Waals surface area (Å²) in [5.41, 5.74) is 0.998. The van der Waals surface area contributed by atoms with Gasteiger partial charge in [0.2, 0.25) is 5.91 Å². The number of nitrogens with zero attached hydrogens (tertiary/aromatic N) is 2. The van der Waals surface area contributed by atoms with Crippen molar-refractivity contribution >= 4 is 11.7 Å². The number of ketones is 1. The largest absolute Gasteiger partial charge is 0.356 e. The van der Waals surface area contributed by atoms with Gasteiger partial charge in [-0.1, -0.05) is 18.0 Å². The van der Waals surface area contributed by atoms with Gasteiger partial charge in [0, 0.05) is 44.1 Å². The van der Waals surface area contributed by atoms with Crippen LogP contribution in [0.2, 0.25) is 0 Å². The molecule has 1 N–H and O–H groups in total. The minimum atomic E-state index is -0.324. The van der Waals surface area contributed by atoms with Crippen LogP contribution in [0.5, 0.6) is 0 Å². The lowest BCUT2D eigenvalue weighted by molar-refractivity contribution is -0.130. The number of terminal acetylenes is 1. The van der Waals surface area contributed by atoms with Crippen LogP contribution >= 0.6 is 0 Å². The highest BCUT2D eigenvalue weighted by Gasteiger charge is 2.31. The van der Waals surface area contributed by atoms with E-state index in [2.05, 4.69) is 21.3 Å². The van der Waals surface area contributed by atoms with Crippen molar-refractivity contribution in [3.63, 3.8) is 0 Å². The van der Waals surface area contributed by atoms with E-state index in [-0.39, 0.29) is 23.4 Å². The Morgan fingerprint density at radius 1 is 1.19 bits per heavy atom. The van der Waals surface area contributed by atoms with Crippen molar-refractivity contribution in [1.29, 1.82) is 0 Å². The highest BCUT2D eigenvalue weighted by Crippen LogP contribution is 2.22. The van der Waals surface area contributed by atoms with Crippen LogP contribution in [0.3, 0.4) is 0 Å². The molecular formula is C24H28FN3O3. The van der Waals surface area contributed by atoms with Gasteiger partial charge < -0.3 is 14.7 Å². The van der Waals surface area contributed by atoms with Crippen LogP contribution in [0.25, 0.3) is 11.3 Å². The number of hydrogen-bond donors (Lipinski definition) is 1. The molecule has 7 heteroatoms. The maximum absolute atomic E-state index is 13.0. The Kier molecular flexibility index (Phi) is 8.36. The number of carbonyl (C=O) groups excluding carboxylic acids is 2. The quantitative estimate of drug-likeness (QED) is 0.319. The number of Topliss-reactive ketones (excluding diaryl/α,β-unsaturated/α-hetero) is 1. The van der Waals surface area contributed by atoms with Gasteiger partial charge in [0.25, 0.3) is 0 Å². The highest BCUT2D eigenvalue weighted by molar-refractivity contribution is 5.94. The van der Waals surface area contributed by atoms with Gasteiger partial charge in [0.05, 0.1) is 5.92 Å². The Bertz CT molecular complexity index is 911.